The molecule has 0 amide bonds. The van der Waals surface area contributed by atoms with Crippen molar-refractivity contribution in [1.82, 2.24) is 4.72 Å². The smallest absolute Gasteiger partial charge is 0.261 e. The van der Waals surface area contributed by atoms with E-state index in [2.05, 4.69) is 9.71 Å². The first-order chi connectivity index (χ1) is 9.15. The highest BCUT2D eigenvalue weighted by molar-refractivity contribution is 8.15. The Hall–Kier alpha value is -1.53. The van der Waals surface area contributed by atoms with Gasteiger partial charge in [-0.05, 0) is 22.9 Å². The first-order valence-electron chi connectivity index (χ1n) is 5.84. The standard InChI is InChI=1S/C13H12N2O2S2/c16-19(17,15-13-14-7-8-18-13)12-6-5-10-3-1-2-4-11(10)9-12/h1-6,9H,7-8H2,(H,14,15). The average Bonchev–Trinajstić information content (AvgIpc) is 2.90. The highest BCUT2D eigenvalue weighted by Crippen LogP contribution is 2.20. The molecule has 6 heteroatoms. The van der Waals surface area contributed by atoms with E-state index in [0.29, 0.717) is 11.7 Å². The summed E-state index contributed by atoms with van der Waals surface area (Å²) in [6.45, 7) is 0.667. The van der Waals surface area contributed by atoms with Gasteiger partial charge < -0.3 is 0 Å². The average molecular weight is 292 g/mol. The lowest BCUT2D eigenvalue weighted by Crippen LogP contribution is -2.27. The second-order valence-electron chi connectivity index (χ2n) is 4.15. The van der Waals surface area contributed by atoms with Crippen molar-refractivity contribution in [2.75, 3.05) is 12.3 Å². The molecule has 0 atom stereocenters. The van der Waals surface area contributed by atoms with Crippen molar-refractivity contribution < 1.29 is 8.42 Å². The van der Waals surface area contributed by atoms with Crippen LogP contribution in [0.15, 0.2) is 52.4 Å². The summed E-state index contributed by atoms with van der Waals surface area (Å²) >= 11 is 1.43. The quantitative estimate of drug-likeness (QED) is 0.923. The minimum absolute atomic E-state index is 0.265. The van der Waals surface area contributed by atoms with E-state index >= 15 is 0 Å². The van der Waals surface area contributed by atoms with Crippen LogP contribution in [0.5, 0.6) is 0 Å². The summed E-state index contributed by atoms with van der Waals surface area (Å²) in [4.78, 5) is 4.36. The van der Waals surface area contributed by atoms with Crippen molar-refractivity contribution in [2.45, 2.75) is 4.90 Å². The molecule has 0 radical (unpaired) electrons. The van der Waals surface area contributed by atoms with Gasteiger partial charge in [-0.3, -0.25) is 9.71 Å². The second kappa shape index (κ2) is 4.86. The van der Waals surface area contributed by atoms with Gasteiger partial charge in [0.25, 0.3) is 10.0 Å². The molecule has 1 aliphatic rings. The zero-order chi connectivity index (χ0) is 13.3. The van der Waals surface area contributed by atoms with Gasteiger partial charge in [0.1, 0.15) is 0 Å². The van der Waals surface area contributed by atoms with Crippen LogP contribution in [0.4, 0.5) is 0 Å². The number of nitrogens with one attached hydrogen (secondary N) is 1. The van der Waals surface area contributed by atoms with Gasteiger partial charge in [-0.1, -0.05) is 42.1 Å². The zero-order valence-corrected chi connectivity index (χ0v) is 11.7. The van der Waals surface area contributed by atoms with E-state index in [4.69, 9.17) is 0 Å². The topological polar surface area (TPSA) is 58.5 Å². The molecule has 1 heterocycles. The molecule has 2 aromatic carbocycles. The minimum atomic E-state index is -3.54. The third-order valence-corrected chi connectivity index (χ3v) is 5.20. The monoisotopic (exact) mass is 292 g/mol. The predicted molar refractivity (Wildman–Crippen MR) is 79.0 cm³/mol. The molecule has 1 aliphatic heterocycles. The number of nitrogens with zero attached hydrogens (tertiary/aromatic N) is 1. The Morgan fingerprint density at radius 3 is 2.63 bits per heavy atom. The lowest BCUT2D eigenvalue weighted by Gasteiger charge is -2.07. The molecular formula is C13H12N2O2S2. The van der Waals surface area contributed by atoms with Crippen molar-refractivity contribution >= 4 is 37.7 Å². The van der Waals surface area contributed by atoms with Crippen LogP contribution in [-0.2, 0) is 10.0 Å². The van der Waals surface area contributed by atoms with Crippen molar-refractivity contribution in [3.8, 4) is 0 Å². The van der Waals surface area contributed by atoms with Gasteiger partial charge >= 0.3 is 0 Å². The Labute approximate surface area is 116 Å². The largest absolute Gasteiger partial charge is 0.263 e. The number of benzene rings is 2. The number of rotatable bonds is 2. The Balaban J connectivity index is 1.98. The number of fused-ring (bicyclic) bond motifs is 1. The third-order valence-electron chi connectivity index (χ3n) is 2.84. The molecule has 0 fully saturated rings. The van der Waals surface area contributed by atoms with Crippen LogP contribution in [0, 0.1) is 0 Å². The summed E-state index contributed by atoms with van der Waals surface area (Å²) in [6, 6.07) is 12.8. The zero-order valence-electron chi connectivity index (χ0n) is 10.0. The van der Waals surface area contributed by atoms with E-state index in [1.807, 2.05) is 30.3 Å². The molecule has 1 N–H and O–H groups in total. The van der Waals surface area contributed by atoms with E-state index in [-0.39, 0.29) is 4.90 Å². The first kappa shape index (κ1) is 12.5. The molecule has 4 nitrogen and oxygen atoms in total. The summed E-state index contributed by atoms with van der Waals surface area (Å²) in [5.41, 5.74) is 0. The summed E-state index contributed by atoms with van der Waals surface area (Å²) < 4.78 is 27.0. The van der Waals surface area contributed by atoms with E-state index in [1.54, 1.807) is 12.1 Å². The van der Waals surface area contributed by atoms with Crippen molar-refractivity contribution in [3.63, 3.8) is 0 Å². The van der Waals surface area contributed by atoms with Crippen LogP contribution in [0.1, 0.15) is 0 Å². The maximum atomic E-state index is 12.2. The lowest BCUT2D eigenvalue weighted by molar-refractivity contribution is 0.593. The summed E-state index contributed by atoms with van der Waals surface area (Å²) in [6.07, 6.45) is 0. The SMILES string of the molecule is O=S(=O)(NC1=NCCS1)c1ccc2ccccc2c1. The Morgan fingerprint density at radius 2 is 1.89 bits per heavy atom. The molecule has 3 rings (SSSR count). The highest BCUT2D eigenvalue weighted by atomic mass is 32.2. The summed E-state index contributed by atoms with van der Waals surface area (Å²) in [7, 11) is -3.54. The summed E-state index contributed by atoms with van der Waals surface area (Å²) in [5.74, 6) is 0.829. The van der Waals surface area contributed by atoms with Gasteiger partial charge in [0.15, 0.2) is 5.17 Å². The Morgan fingerprint density at radius 1 is 1.11 bits per heavy atom. The molecule has 0 saturated heterocycles. The first-order valence-corrected chi connectivity index (χ1v) is 8.31. The van der Waals surface area contributed by atoms with Crippen LogP contribution in [0.2, 0.25) is 0 Å². The fourth-order valence-corrected chi connectivity index (χ4v) is 3.97. The second-order valence-corrected chi connectivity index (χ2v) is 6.92. The van der Waals surface area contributed by atoms with Gasteiger partial charge in [0, 0.05) is 5.75 Å². The normalized spacial score (nSPS) is 15.5. The molecule has 19 heavy (non-hydrogen) atoms. The molecule has 0 aliphatic carbocycles. The Kier molecular flexibility index (Phi) is 3.20. The number of thioether (sulfide) groups is 1. The van der Waals surface area contributed by atoms with Crippen molar-refractivity contribution in [1.29, 1.82) is 0 Å². The van der Waals surface area contributed by atoms with Gasteiger partial charge in [-0.2, -0.15) is 0 Å². The van der Waals surface area contributed by atoms with Crippen LogP contribution in [0.3, 0.4) is 0 Å². The maximum Gasteiger partial charge on any atom is 0.263 e. The van der Waals surface area contributed by atoms with Gasteiger partial charge in [0.2, 0.25) is 0 Å². The van der Waals surface area contributed by atoms with Gasteiger partial charge in [-0.25, -0.2) is 8.42 Å². The maximum absolute atomic E-state index is 12.2. The van der Waals surface area contributed by atoms with Crippen LogP contribution in [0.25, 0.3) is 10.8 Å². The molecule has 0 aromatic heterocycles. The Bertz CT molecular complexity index is 754. The number of hydrogen-bond acceptors (Lipinski definition) is 4. The predicted octanol–water partition coefficient (Wildman–Crippen LogP) is 2.22. The van der Waals surface area contributed by atoms with Gasteiger partial charge in [-0.15, -0.1) is 0 Å². The number of hydrogen-bond donors (Lipinski definition) is 1. The van der Waals surface area contributed by atoms with E-state index in [1.165, 1.54) is 11.8 Å². The van der Waals surface area contributed by atoms with E-state index < -0.39 is 10.0 Å². The summed E-state index contributed by atoms with van der Waals surface area (Å²) in [5, 5.41) is 2.41. The highest BCUT2D eigenvalue weighted by Gasteiger charge is 2.18. The van der Waals surface area contributed by atoms with Gasteiger partial charge in [0.05, 0.1) is 11.4 Å². The fraction of sp³-hybridized carbons (Fsp3) is 0.154. The fourth-order valence-electron chi connectivity index (χ4n) is 1.91. The van der Waals surface area contributed by atoms with Crippen LogP contribution in [-0.4, -0.2) is 25.9 Å². The minimum Gasteiger partial charge on any atom is -0.261 e. The number of amidine groups is 1. The molecule has 2 aromatic rings. The molecule has 0 bridgehead atoms. The molecule has 0 saturated carbocycles. The molecule has 98 valence electrons. The van der Waals surface area contributed by atoms with E-state index in [9.17, 15) is 8.42 Å². The lowest BCUT2D eigenvalue weighted by atomic mass is 10.1. The van der Waals surface area contributed by atoms with Crippen LogP contribution >= 0.6 is 11.8 Å². The van der Waals surface area contributed by atoms with Crippen LogP contribution < -0.4 is 4.72 Å². The number of sulfonamides is 1. The van der Waals surface area contributed by atoms with Crippen molar-refractivity contribution in [3.05, 3.63) is 42.5 Å². The van der Waals surface area contributed by atoms with Crippen molar-refractivity contribution in [2.24, 2.45) is 4.99 Å². The molecule has 0 unspecified atom stereocenters. The molecular weight excluding hydrogens is 280 g/mol. The van der Waals surface area contributed by atoms with E-state index in [0.717, 1.165) is 16.5 Å². The molecule has 0 spiro atoms. The number of aliphatic imine (C=N–C) groups is 1. The third kappa shape index (κ3) is 2.59.